The summed E-state index contributed by atoms with van der Waals surface area (Å²) in [5.74, 6) is -0.724. The third kappa shape index (κ3) is 5.38. The topological polar surface area (TPSA) is 98.1 Å². The minimum atomic E-state index is -0.712. The van der Waals surface area contributed by atoms with Crippen LogP contribution in [0.1, 0.15) is 16.1 Å². The van der Waals surface area contributed by atoms with Gasteiger partial charge in [-0.25, -0.2) is 0 Å². The minimum Gasteiger partial charge on any atom is -0.497 e. The average Bonchev–Trinajstić information content (AvgIpc) is 3.30. The maximum Gasteiger partial charge on any atom is 0.325 e. The van der Waals surface area contributed by atoms with Gasteiger partial charge < -0.3 is 24.1 Å². The molecule has 156 valence electrons. The number of nitrogens with zero attached hydrogens (tertiary/aromatic N) is 1. The zero-order valence-electron chi connectivity index (χ0n) is 16.7. The summed E-state index contributed by atoms with van der Waals surface area (Å²) in [4.78, 5) is 37.2. The van der Waals surface area contributed by atoms with E-state index in [1.807, 2.05) is 36.4 Å². The quantitative estimate of drug-likeness (QED) is 0.573. The number of carbonyl (C=O) groups is 3. The lowest BCUT2D eigenvalue weighted by molar-refractivity contribution is -0.150. The van der Waals surface area contributed by atoms with Gasteiger partial charge in [0, 0.05) is 13.6 Å². The molecular weight excluding hydrogens is 388 g/mol. The molecule has 2 amide bonds. The van der Waals surface area contributed by atoms with E-state index in [2.05, 4.69) is 5.32 Å². The molecule has 8 nitrogen and oxygen atoms in total. The van der Waals surface area contributed by atoms with E-state index in [-0.39, 0.29) is 18.2 Å². The summed E-state index contributed by atoms with van der Waals surface area (Å²) >= 11 is 0. The van der Waals surface area contributed by atoms with E-state index in [4.69, 9.17) is 13.9 Å². The Hall–Kier alpha value is -3.81. The summed E-state index contributed by atoms with van der Waals surface area (Å²) in [7, 11) is 3.25. The maximum absolute atomic E-state index is 12.3. The molecule has 1 N–H and O–H groups in total. The van der Waals surface area contributed by atoms with E-state index in [1.54, 1.807) is 20.2 Å². The maximum atomic E-state index is 12.3. The first-order valence-electron chi connectivity index (χ1n) is 9.24. The van der Waals surface area contributed by atoms with E-state index in [0.717, 1.165) is 22.1 Å². The van der Waals surface area contributed by atoms with Crippen molar-refractivity contribution in [2.24, 2.45) is 0 Å². The monoisotopic (exact) mass is 410 g/mol. The highest BCUT2D eigenvalue weighted by Crippen LogP contribution is 2.22. The number of ether oxygens (including phenoxy) is 2. The number of carbonyl (C=O) groups excluding carboxylic acids is 3. The number of fused-ring (bicyclic) bond motifs is 1. The molecule has 30 heavy (non-hydrogen) atoms. The number of methoxy groups -OCH3 is 1. The first-order chi connectivity index (χ1) is 14.5. The number of rotatable bonds is 8. The smallest absolute Gasteiger partial charge is 0.325 e. The van der Waals surface area contributed by atoms with Crippen molar-refractivity contribution in [3.63, 3.8) is 0 Å². The second-order valence-corrected chi connectivity index (χ2v) is 6.62. The van der Waals surface area contributed by atoms with Gasteiger partial charge in [0.05, 0.1) is 13.4 Å². The molecule has 0 unspecified atom stereocenters. The van der Waals surface area contributed by atoms with Gasteiger partial charge in [-0.05, 0) is 46.7 Å². The summed E-state index contributed by atoms with van der Waals surface area (Å²) in [5, 5.41) is 4.44. The Morgan fingerprint density at radius 3 is 2.57 bits per heavy atom. The third-order valence-corrected chi connectivity index (χ3v) is 4.45. The predicted octanol–water partition coefficient (Wildman–Crippen LogP) is 2.37. The molecule has 1 heterocycles. The molecule has 0 fully saturated rings. The molecule has 3 aromatic rings. The van der Waals surface area contributed by atoms with E-state index in [9.17, 15) is 14.4 Å². The number of hydrogen-bond donors (Lipinski definition) is 1. The number of furan rings is 1. The number of likely N-dealkylation sites (N-methyl/N-ethyl adjacent to an activating group) is 1. The van der Waals surface area contributed by atoms with Crippen molar-refractivity contribution in [1.29, 1.82) is 0 Å². The molecule has 0 radical (unpaired) electrons. The second-order valence-electron chi connectivity index (χ2n) is 6.62. The highest BCUT2D eigenvalue weighted by atomic mass is 16.5. The molecule has 0 saturated heterocycles. The van der Waals surface area contributed by atoms with Gasteiger partial charge in [-0.15, -0.1) is 0 Å². The SMILES string of the molecule is COc1ccc2cc(CN(C)C(=O)COC(=O)CNC(=O)c3ccco3)ccc2c1. The molecule has 8 heteroatoms. The molecule has 0 atom stereocenters. The van der Waals surface area contributed by atoms with Gasteiger partial charge in [0.2, 0.25) is 0 Å². The molecule has 0 bridgehead atoms. The van der Waals surface area contributed by atoms with Crippen LogP contribution in [0, 0.1) is 0 Å². The number of hydrogen-bond acceptors (Lipinski definition) is 6. The lowest BCUT2D eigenvalue weighted by Crippen LogP contribution is -2.34. The largest absolute Gasteiger partial charge is 0.497 e. The van der Waals surface area contributed by atoms with Crippen molar-refractivity contribution >= 4 is 28.6 Å². The van der Waals surface area contributed by atoms with Gasteiger partial charge in [-0.2, -0.15) is 0 Å². The van der Waals surface area contributed by atoms with Gasteiger partial charge in [-0.3, -0.25) is 14.4 Å². The Bertz CT molecular complexity index is 1040. The summed E-state index contributed by atoms with van der Waals surface area (Å²) in [6, 6.07) is 14.7. The van der Waals surface area contributed by atoms with Crippen LogP contribution in [-0.2, 0) is 20.9 Å². The lowest BCUT2D eigenvalue weighted by Gasteiger charge is -2.17. The molecule has 3 rings (SSSR count). The third-order valence-electron chi connectivity index (χ3n) is 4.45. The molecule has 0 aliphatic rings. The van der Waals surface area contributed by atoms with Crippen molar-refractivity contribution in [3.05, 3.63) is 66.1 Å². The zero-order chi connectivity index (χ0) is 21.5. The van der Waals surface area contributed by atoms with Crippen LogP contribution in [0.5, 0.6) is 5.75 Å². The number of esters is 1. The molecule has 0 saturated carbocycles. The fourth-order valence-electron chi connectivity index (χ4n) is 2.81. The highest BCUT2D eigenvalue weighted by Gasteiger charge is 2.15. The van der Waals surface area contributed by atoms with Crippen LogP contribution >= 0.6 is 0 Å². The van der Waals surface area contributed by atoms with Gasteiger partial charge in [0.15, 0.2) is 12.4 Å². The van der Waals surface area contributed by atoms with E-state index in [0.29, 0.717) is 6.54 Å². The Morgan fingerprint density at radius 1 is 1.07 bits per heavy atom. The summed E-state index contributed by atoms with van der Waals surface area (Å²) in [6.07, 6.45) is 1.36. The Kier molecular flexibility index (Phi) is 6.69. The van der Waals surface area contributed by atoms with Crippen molar-refractivity contribution in [3.8, 4) is 5.75 Å². The average molecular weight is 410 g/mol. The number of benzene rings is 2. The van der Waals surface area contributed by atoms with Crippen molar-refractivity contribution in [1.82, 2.24) is 10.2 Å². The van der Waals surface area contributed by atoms with Gasteiger partial charge >= 0.3 is 5.97 Å². The number of amides is 2. The van der Waals surface area contributed by atoms with Crippen molar-refractivity contribution in [2.45, 2.75) is 6.54 Å². The zero-order valence-corrected chi connectivity index (χ0v) is 16.7. The molecule has 0 aliphatic heterocycles. The second kappa shape index (κ2) is 9.60. The standard InChI is InChI=1S/C22H22N2O6/c1-24(13-15-5-6-17-11-18(28-2)8-7-16(17)10-15)20(25)14-30-21(26)12-23-22(27)19-4-3-9-29-19/h3-11H,12-14H2,1-2H3,(H,23,27). The molecule has 0 spiro atoms. The first kappa shape index (κ1) is 20.9. The Balaban J connectivity index is 1.46. The lowest BCUT2D eigenvalue weighted by atomic mass is 10.1. The number of nitrogens with one attached hydrogen (secondary N) is 1. The van der Waals surface area contributed by atoms with E-state index >= 15 is 0 Å². The van der Waals surface area contributed by atoms with Crippen molar-refractivity contribution in [2.75, 3.05) is 27.3 Å². The van der Waals surface area contributed by atoms with Crippen LogP contribution < -0.4 is 10.1 Å². The van der Waals surface area contributed by atoms with E-state index < -0.39 is 18.5 Å². The van der Waals surface area contributed by atoms with Gasteiger partial charge in [-0.1, -0.05) is 18.2 Å². The fourth-order valence-corrected chi connectivity index (χ4v) is 2.81. The predicted molar refractivity (Wildman–Crippen MR) is 109 cm³/mol. The summed E-state index contributed by atoms with van der Waals surface area (Å²) in [6.45, 7) is -0.394. The first-order valence-corrected chi connectivity index (χ1v) is 9.24. The van der Waals surface area contributed by atoms with Crippen LogP contribution in [0.15, 0.2) is 59.2 Å². The highest BCUT2D eigenvalue weighted by molar-refractivity contribution is 5.93. The van der Waals surface area contributed by atoms with E-state index in [1.165, 1.54) is 17.2 Å². The van der Waals surface area contributed by atoms with Crippen molar-refractivity contribution < 1.29 is 28.3 Å². The summed E-state index contributed by atoms with van der Waals surface area (Å²) in [5.41, 5.74) is 0.945. The van der Waals surface area contributed by atoms with Crippen LogP contribution in [0.4, 0.5) is 0 Å². The Labute approximate surface area is 173 Å². The van der Waals surface area contributed by atoms with Crippen LogP contribution in [-0.4, -0.2) is 50.0 Å². The van der Waals surface area contributed by atoms with Crippen LogP contribution in [0.25, 0.3) is 10.8 Å². The molecule has 2 aromatic carbocycles. The van der Waals surface area contributed by atoms with Gasteiger partial charge in [0.1, 0.15) is 12.3 Å². The molecule has 1 aromatic heterocycles. The molecule has 0 aliphatic carbocycles. The fraction of sp³-hybridized carbons (Fsp3) is 0.227. The van der Waals surface area contributed by atoms with Crippen LogP contribution in [0.2, 0.25) is 0 Å². The summed E-state index contributed by atoms with van der Waals surface area (Å²) < 4.78 is 15.1. The van der Waals surface area contributed by atoms with Gasteiger partial charge in [0.25, 0.3) is 11.8 Å². The minimum absolute atomic E-state index is 0.0902. The van der Waals surface area contributed by atoms with Crippen LogP contribution in [0.3, 0.4) is 0 Å². The normalized spacial score (nSPS) is 10.5. The Morgan fingerprint density at radius 2 is 1.83 bits per heavy atom. The molecular formula is C22H22N2O6.